The molecule has 2 aromatic carbocycles. The molecule has 0 fully saturated rings. The number of fused-ring (bicyclic) bond motifs is 4. The third-order valence-corrected chi connectivity index (χ3v) is 4.60. The third-order valence-electron chi connectivity index (χ3n) is 3.36. The van der Waals surface area contributed by atoms with E-state index in [4.69, 9.17) is 11.6 Å². The Balaban J connectivity index is 2.30. The van der Waals surface area contributed by atoms with Crippen LogP contribution >= 0.6 is 22.9 Å². The van der Waals surface area contributed by atoms with Gasteiger partial charge in [0.15, 0.2) is 4.96 Å². The molecule has 5 heteroatoms. The molecule has 4 rings (SSSR count). The Morgan fingerprint density at radius 1 is 1.20 bits per heavy atom. The van der Waals surface area contributed by atoms with Crippen molar-refractivity contribution < 1.29 is 0 Å². The Kier molecular flexibility index (Phi) is 2.40. The average molecular weight is 301 g/mol. The van der Waals surface area contributed by atoms with Gasteiger partial charge in [0.05, 0.1) is 21.1 Å². The zero-order chi connectivity index (χ0) is 13.9. The van der Waals surface area contributed by atoms with Crippen molar-refractivity contribution in [2.24, 2.45) is 0 Å². The molecule has 0 bridgehead atoms. The van der Waals surface area contributed by atoms with Gasteiger partial charge in [-0.1, -0.05) is 29.0 Å². The predicted octanol–water partition coefficient (Wildman–Crippen LogP) is 4.02. The van der Waals surface area contributed by atoms with Gasteiger partial charge in [-0.25, -0.2) is 4.98 Å². The molecule has 0 unspecified atom stereocenters. The zero-order valence-corrected chi connectivity index (χ0v) is 12.1. The second-order valence-electron chi connectivity index (χ2n) is 4.77. The highest BCUT2D eigenvalue weighted by Crippen LogP contribution is 2.26. The summed E-state index contributed by atoms with van der Waals surface area (Å²) in [5.41, 5.74) is 2.69. The van der Waals surface area contributed by atoms with Crippen LogP contribution in [0.1, 0.15) is 5.56 Å². The summed E-state index contributed by atoms with van der Waals surface area (Å²) in [6, 6.07) is 11.3. The Morgan fingerprint density at radius 2 is 2.05 bits per heavy atom. The Labute approximate surface area is 123 Å². The summed E-state index contributed by atoms with van der Waals surface area (Å²) in [7, 11) is 0. The first-order valence-electron chi connectivity index (χ1n) is 6.15. The van der Waals surface area contributed by atoms with Crippen molar-refractivity contribution in [1.29, 1.82) is 0 Å². The zero-order valence-electron chi connectivity index (χ0n) is 10.6. The van der Waals surface area contributed by atoms with Crippen LogP contribution in [0.5, 0.6) is 0 Å². The van der Waals surface area contributed by atoms with Crippen molar-refractivity contribution in [2.45, 2.75) is 6.92 Å². The summed E-state index contributed by atoms with van der Waals surface area (Å²) >= 11 is 7.51. The number of benzene rings is 2. The standard InChI is InChI=1S/C15H9ClN2OS/c1-8-2-5-12-13(6-8)20-15-17-11-4-3-9(16)7-10(11)14(19)18(12)15/h2-7H,1H3. The molecule has 0 saturated heterocycles. The van der Waals surface area contributed by atoms with Crippen molar-refractivity contribution in [3.63, 3.8) is 0 Å². The maximum atomic E-state index is 12.7. The second kappa shape index (κ2) is 4.04. The maximum Gasteiger partial charge on any atom is 0.266 e. The lowest BCUT2D eigenvalue weighted by Gasteiger charge is -2.00. The van der Waals surface area contributed by atoms with Gasteiger partial charge < -0.3 is 0 Å². The predicted molar refractivity (Wildman–Crippen MR) is 84.1 cm³/mol. The number of aromatic nitrogens is 2. The molecule has 98 valence electrons. The minimum atomic E-state index is -0.0670. The van der Waals surface area contributed by atoms with Gasteiger partial charge in [0, 0.05) is 5.02 Å². The number of thiazole rings is 1. The minimum absolute atomic E-state index is 0.0670. The van der Waals surface area contributed by atoms with Gasteiger partial charge in [-0.3, -0.25) is 9.20 Å². The molecule has 0 aliphatic heterocycles. The molecular formula is C15H9ClN2OS. The summed E-state index contributed by atoms with van der Waals surface area (Å²) in [6.07, 6.45) is 0. The van der Waals surface area contributed by atoms with Crippen molar-refractivity contribution in [3.8, 4) is 0 Å². The van der Waals surface area contributed by atoms with E-state index in [1.807, 2.05) is 19.1 Å². The van der Waals surface area contributed by atoms with Crippen molar-refractivity contribution in [1.82, 2.24) is 9.38 Å². The van der Waals surface area contributed by atoms with Crippen molar-refractivity contribution in [2.75, 3.05) is 0 Å². The van der Waals surface area contributed by atoms with Crippen LogP contribution in [0, 0.1) is 6.92 Å². The van der Waals surface area contributed by atoms with Crippen LogP contribution in [-0.4, -0.2) is 9.38 Å². The minimum Gasteiger partial charge on any atom is -0.268 e. The molecule has 0 atom stereocenters. The normalized spacial score (nSPS) is 11.7. The van der Waals surface area contributed by atoms with Crippen molar-refractivity contribution >= 4 is 49.0 Å². The largest absolute Gasteiger partial charge is 0.268 e. The van der Waals surface area contributed by atoms with E-state index >= 15 is 0 Å². The molecule has 0 radical (unpaired) electrons. The number of rotatable bonds is 0. The number of hydrogen-bond donors (Lipinski definition) is 0. The van der Waals surface area contributed by atoms with E-state index in [2.05, 4.69) is 11.1 Å². The quantitative estimate of drug-likeness (QED) is 0.491. The molecule has 0 aliphatic rings. The lowest BCUT2D eigenvalue weighted by Crippen LogP contribution is -2.13. The highest BCUT2D eigenvalue weighted by molar-refractivity contribution is 7.23. The molecule has 0 amide bonds. The van der Waals surface area contributed by atoms with E-state index in [-0.39, 0.29) is 5.56 Å². The van der Waals surface area contributed by atoms with Crippen LogP contribution in [0.4, 0.5) is 0 Å². The van der Waals surface area contributed by atoms with E-state index in [0.29, 0.717) is 20.9 Å². The monoisotopic (exact) mass is 300 g/mol. The first kappa shape index (κ1) is 11.9. The third kappa shape index (κ3) is 1.58. The van der Waals surface area contributed by atoms with Crippen LogP contribution in [0.25, 0.3) is 26.1 Å². The van der Waals surface area contributed by atoms with Gasteiger partial charge in [0.25, 0.3) is 5.56 Å². The molecular weight excluding hydrogens is 292 g/mol. The summed E-state index contributed by atoms with van der Waals surface area (Å²) in [6.45, 7) is 2.04. The summed E-state index contributed by atoms with van der Waals surface area (Å²) < 4.78 is 2.73. The molecule has 0 saturated carbocycles. The maximum absolute atomic E-state index is 12.7. The van der Waals surface area contributed by atoms with E-state index in [0.717, 1.165) is 10.2 Å². The fourth-order valence-electron chi connectivity index (χ4n) is 2.40. The molecule has 2 heterocycles. The highest BCUT2D eigenvalue weighted by Gasteiger charge is 2.11. The number of aryl methyl sites for hydroxylation is 1. The first-order valence-corrected chi connectivity index (χ1v) is 7.34. The van der Waals surface area contributed by atoms with Crippen LogP contribution in [0.2, 0.25) is 5.02 Å². The number of halogens is 1. The Hall–Kier alpha value is -1.91. The number of nitrogens with zero attached hydrogens (tertiary/aromatic N) is 2. The highest BCUT2D eigenvalue weighted by atomic mass is 35.5. The summed E-state index contributed by atoms with van der Waals surface area (Å²) in [5.74, 6) is 0. The lowest BCUT2D eigenvalue weighted by atomic mass is 10.2. The van der Waals surface area contributed by atoms with Gasteiger partial charge in [0.1, 0.15) is 0 Å². The van der Waals surface area contributed by atoms with Gasteiger partial charge in [-0.15, -0.1) is 0 Å². The first-order chi connectivity index (χ1) is 9.63. The van der Waals surface area contributed by atoms with Gasteiger partial charge in [-0.05, 0) is 42.8 Å². The van der Waals surface area contributed by atoms with Gasteiger partial charge >= 0.3 is 0 Å². The molecule has 20 heavy (non-hydrogen) atoms. The molecule has 0 N–H and O–H groups in total. The van der Waals surface area contributed by atoms with Gasteiger partial charge in [0.2, 0.25) is 0 Å². The van der Waals surface area contributed by atoms with E-state index in [1.54, 1.807) is 22.6 Å². The topological polar surface area (TPSA) is 34.4 Å². The molecule has 0 aliphatic carbocycles. The fraction of sp³-hybridized carbons (Fsp3) is 0.0667. The van der Waals surface area contributed by atoms with Gasteiger partial charge in [-0.2, -0.15) is 0 Å². The SMILES string of the molecule is Cc1ccc2c(c1)sc1nc3ccc(Cl)cc3c(=O)n12. The second-order valence-corrected chi connectivity index (χ2v) is 6.22. The van der Waals surface area contributed by atoms with Crippen LogP contribution < -0.4 is 5.56 Å². The van der Waals surface area contributed by atoms with E-state index in [1.165, 1.54) is 16.9 Å². The average Bonchev–Trinajstić information content (AvgIpc) is 2.77. The Bertz CT molecular complexity index is 1050. The number of hydrogen-bond acceptors (Lipinski definition) is 3. The lowest BCUT2D eigenvalue weighted by molar-refractivity contribution is 1.16. The fourth-order valence-corrected chi connectivity index (χ4v) is 3.70. The molecule has 4 aromatic rings. The van der Waals surface area contributed by atoms with E-state index < -0.39 is 0 Å². The van der Waals surface area contributed by atoms with Crippen LogP contribution in [-0.2, 0) is 0 Å². The molecule has 0 spiro atoms. The smallest absolute Gasteiger partial charge is 0.266 e. The Morgan fingerprint density at radius 3 is 2.90 bits per heavy atom. The molecule has 2 aromatic heterocycles. The van der Waals surface area contributed by atoms with Crippen molar-refractivity contribution in [3.05, 3.63) is 57.3 Å². The summed E-state index contributed by atoms with van der Waals surface area (Å²) in [4.78, 5) is 18.0. The van der Waals surface area contributed by atoms with E-state index in [9.17, 15) is 4.79 Å². The molecule has 3 nitrogen and oxygen atoms in total. The summed E-state index contributed by atoms with van der Waals surface area (Å²) in [5, 5.41) is 1.10. The van der Waals surface area contributed by atoms with Crippen LogP contribution in [0.3, 0.4) is 0 Å². The van der Waals surface area contributed by atoms with Crippen LogP contribution in [0.15, 0.2) is 41.2 Å².